The number of aromatic nitrogens is 1. The number of likely N-dealkylation sites (tertiary alicyclic amines) is 1. The number of rotatable bonds is 9. The van der Waals surface area contributed by atoms with Crippen LogP contribution in [0.25, 0.3) is 0 Å². The Labute approximate surface area is 179 Å². The van der Waals surface area contributed by atoms with Crippen molar-refractivity contribution in [1.82, 2.24) is 20.5 Å². The third-order valence-corrected chi connectivity index (χ3v) is 6.26. The van der Waals surface area contributed by atoms with E-state index in [0.29, 0.717) is 11.5 Å². The van der Waals surface area contributed by atoms with E-state index in [-0.39, 0.29) is 12.0 Å². The fourth-order valence-electron chi connectivity index (χ4n) is 3.42. The zero-order valence-electron chi connectivity index (χ0n) is 18.4. The van der Waals surface area contributed by atoms with Crippen molar-refractivity contribution in [2.24, 2.45) is 4.99 Å². The van der Waals surface area contributed by atoms with Crippen molar-refractivity contribution >= 4 is 23.3 Å². The summed E-state index contributed by atoms with van der Waals surface area (Å²) in [5.41, 5.74) is 0.719. The second-order valence-electron chi connectivity index (χ2n) is 7.42. The van der Waals surface area contributed by atoms with Crippen molar-refractivity contribution in [3.05, 3.63) is 15.6 Å². The van der Waals surface area contributed by atoms with Crippen molar-refractivity contribution in [3.8, 4) is 0 Å². The Hall–Kier alpha value is -1.67. The number of carbonyl (C=O) groups excluding carboxylic acids is 1. The smallest absolute Gasteiger partial charge is 0.350 e. The van der Waals surface area contributed by atoms with Gasteiger partial charge in [0.25, 0.3) is 0 Å². The van der Waals surface area contributed by atoms with Gasteiger partial charge < -0.3 is 20.3 Å². The number of hydrogen-bond donors (Lipinski definition) is 2. The van der Waals surface area contributed by atoms with Gasteiger partial charge in [-0.15, -0.1) is 11.3 Å². The first-order valence-electron chi connectivity index (χ1n) is 11.0. The molecule has 0 aromatic carbocycles. The maximum absolute atomic E-state index is 12.0. The minimum Gasteiger partial charge on any atom is -0.462 e. The highest BCUT2D eigenvalue weighted by atomic mass is 32.1. The summed E-state index contributed by atoms with van der Waals surface area (Å²) in [4.78, 5) is 24.5. The summed E-state index contributed by atoms with van der Waals surface area (Å²) < 4.78 is 5.12. The molecule has 1 aromatic heterocycles. The van der Waals surface area contributed by atoms with Crippen LogP contribution in [0.2, 0.25) is 0 Å². The predicted molar refractivity (Wildman–Crippen MR) is 120 cm³/mol. The number of esters is 1. The SMILES string of the molecule is CCNC(=NCCCN1CCCCCC1)NC(C)c1nc(C)c(C(=O)OCC)s1. The minimum absolute atomic E-state index is 0.0368. The van der Waals surface area contributed by atoms with Gasteiger partial charge in [0.15, 0.2) is 5.96 Å². The van der Waals surface area contributed by atoms with E-state index in [2.05, 4.69) is 27.4 Å². The molecule has 29 heavy (non-hydrogen) atoms. The summed E-state index contributed by atoms with van der Waals surface area (Å²) in [6.07, 6.45) is 6.45. The summed E-state index contributed by atoms with van der Waals surface area (Å²) in [7, 11) is 0. The number of nitrogens with one attached hydrogen (secondary N) is 2. The molecule has 0 radical (unpaired) electrons. The largest absolute Gasteiger partial charge is 0.462 e. The lowest BCUT2D eigenvalue weighted by atomic mass is 10.2. The molecule has 1 aliphatic heterocycles. The fraction of sp³-hybridized carbons (Fsp3) is 0.762. The van der Waals surface area contributed by atoms with Crippen LogP contribution in [-0.2, 0) is 4.74 Å². The van der Waals surface area contributed by atoms with E-state index < -0.39 is 0 Å². The maximum Gasteiger partial charge on any atom is 0.350 e. The lowest BCUT2D eigenvalue weighted by Gasteiger charge is -2.19. The Morgan fingerprint density at radius 1 is 1.28 bits per heavy atom. The first-order valence-corrected chi connectivity index (χ1v) is 11.8. The first-order chi connectivity index (χ1) is 14.0. The number of guanidine groups is 1. The van der Waals surface area contributed by atoms with Crippen molar-refractivity contribution in [3.63, 3.8) is 0 Å². The van der Waals surface area contributed by atoms with E-state index in [4.69, 9.17) is 9.73 Å². The molecule has 0 bridgehead atoms. The normalized spacial score (nSPS) is 16.9. The van der Waals surface area contributed by atoms with Gasteiger partial charge in [-0.2, -0.15) is 0 Å². The molecular formula is C21H37N5O2S. The summed E-state index contributed by atoms with van der Waals surface area (Å²) in [6.45, 7) is 13.3. The first kappa shape index (κ1) is 23.6. The summed E-state index contributed by atoms with van der Waals surface area (Å²) in [6, 6.07) is -0.0368. The van der Waals surface area contributed by atoms with Crippen molar-refractivity contribution in [1.29, 1.82) is 0 Å². The average Bonchev–Trinajstić information content (AvgIpc) is 2.91. The molecule has 1 unspecified atom stereocenters. The van der Waals surface area contributed by atoms with Crippen molar-refractivity contribution in [2.45, 2.75) is 65.8 Å². The highest BCUT2D eigenvalue weighted by Crippen LogP contribution is 2.24. The summed E-state index contributed by atoms with van der Waals surface area (Å²) in [5, 5.41) is 7.58. The quantitative estimate of drug-likeness (QED) is 0.274. The number of thiazole rings is 1. The molecule has 7 nitrogen and oxygen atoms in total. The molecule has 0 saturated carbocycles. The molecule has 0 aliphatic carbocycles. The van der Waals surface area contributed by atoms with Gasteiger partial charge in [-0.05, 0) is 66.6 Å². The number of aliphatic imine (C=N–C) groups is 1. The van der Waals surface area contributed by atoms with E-state index in [1.165, 1.54) is 50.1 Å². The van der Waals surface area contributed by atoms with Gasteiger partial charge in [0.05, 0.1) is 18.3 Å². The molecule has 2 N–H and O–H groups in total. The Kier molecular flexibility index (Phi) is 10.4. The van der Waals surface area contributed by atoms with Crippen LogP contribution in [0, 0.1) is 6.92 Å². The van der Waals surface area contributed by atoms with E-state index in [9.17, 15) is 4.79 Å². The van der Waals surface area contributed by atoms with Gasteiger partial charge in [-0.25, -0.2) is 9.78 Å². The van der Waals surface area contributed by atoms with Gasteiger partial charge in [0.2, 0.25) is 0 Å². The molecular weight excluding hydrogens is 386 g/mol. The second kappa shape index (κ2) is 12.8. The van der Waals surface area contributed by atoms with Crippen LogP contribution in [0.4, 0.5) is 0 Å². The highest BCUT2D eigenvalue weighted by molar-refractivity contribution is 7.13. The topological polar surface area (TPSA) is 78.9 Å². The van der Waals surface area contributed by atoms with Gasteiger partial charge in [-0.1, -0.05) is 12.8 Å². The molecule has 0 spiro atoms. The van der Waals surface area contributed by atoms with Crippen molar-refractivity contribution in [2.75, 3.05) is 39.3 Å². The minimum atomic E-state index is -0.296. The molecule has 1 atom stereocenters. The van der Waals surface area contributed by atoms with Gasteiger partial charge in [0, 0.05) is 13.1 Å². The molecule has 2 heterocycles. The van der Waals surface area contributed by atoms with Crippen molar-refractivity contribution < 1.29 is 9.53 Å². The standard InChI is InChI=1S/C21H37N5O2S/c1-5-22-21(23-12-11-15-26-13-9-7-8-10-14-26)25-17(4)19-24-16(3)18(29-19)20(27)28-6-2/h17H,5-15H2,1-4H3,(H2,22,23,25). The van der Waals surface area contributed by atoms with Gasteiger partial charge in [0.1, 0.15) is 9.88 Å². The average molecular weight is 424 g/mol. The lowest BCUT2D eigenvalue weighted by molar-refractivity contribution is 0.0531. The van der Waals surface area contributed by atoms with E-state index >= 15 is 0 Å². The molecule has 164 valence electrons. The van der Waals surface area contributed by atoms with Crippen LogP contribution in [0.3, 0.4) is 0 Å². The monoisotopic (exact) mass is 423 g/mol. The molecule has 1 aliphatic rings. The van der Waals surface area contributed by atoms with E-state index in [0.717, 1.165) is 42.7 Å². The number of ether oxygens (including phenoxy) is 1. The summed E-state index contributed by atoms with van der Waals surface area (Å²) >= 11 is 1.39. The molecule has 2 rings (SSSR count). The number of hydrogen-bond acceptors (Lipinski definition) is 6. The van der Waals surface area contributed by atoms with E-state index in [1.807, 2.05) is 20.8 Å². The van der Waals surface area contributed by atoms with Crippen LogP contribution >= 0.6 is 11.3 Å². The zero-order valence-corrected chi connectivity index (χ0v) is 19.2. The molecule has 1 aromatic rings. The molecule has 1 fully saturated rings. The molecule has 0 amide bonds. The van der Waals surface area contributed by atoms with Crippen LogP contribution in [0.15, 0.2) is 4.99 Å². The maximum atomic E-state index is 12.0. The second-order valence-corrected chi connectivity index (χ2v) is 8.45. The third-order valence-electron chi connectivity index (χ3n) is 4.94. The molecule has 1 saturated heterocycles. The Bertz CT molecular complexity index is 653. The lowest BCUT2D eigenvalue weighted by Crippen LogP contribution is -2.39. The Morgan fingerprint density at radius 2 is 2.00 bits per heavy atom. The van der Waals surface area contributed by atoms with Crippen LogP contribution in [-0.4, -0.2) is 61.1 Å². The Morgan fingerprint density at radius 3 is 2.66 bits per heavy atom. The van der Waals surface area contributed by atoms with Gasteiger partial charge >= 0.3 is 5.97 Å². The van der Waals surface area contributed by atoms with Crippen LogP contribution in [0.1, 0.15) is 79.3 Å². The third kappa shape index (κ3) is 7.93. The fourth-order valence-corrected chi connectivity index (χ4v) is 4.38. The number of nitrogens with zero attached hydrogens (tertiary/aromatic N) is 3. The molecule has 8 heteroatoms. The number of aryl methyl sites for hydroxylation is 1. The Balaban J connectivity index is 1.88. The van der Waals surface area contributed by atoms with E-state index in [1.54, 1.807) is 0 Å². The van der Waals surface area contributed by atoms with Gasteiger partial charge in [-0.3, -0.25) is 4.99 Å². The predicted octanol–water partition coefficient (Wildman–Crippen LogP) is 3.51. The van der Waals surface area contributed by atoms with Crippen LogP contribution < -0.4 is 10.6 Å². The zero-order chi connectivity index (χ0) is 21.1. The highest BCUT2D eigenvalue weighted by Gasteiger charge is 2.20. The number of carbonyl (C=O) groups is 1. The van der Waals surface area contributed by atoms with Crippen LogP contribution in [0.5, 0.6) is 0 Å². The summed E-state index contributed by atoms with van der Waals surface area (Å²) in [5.74, 6) is 0.497.